The first-order valence-corrected chi connectivity index (χ1v) is 12.5. The molecule has 1 aromatic carbocycles. The van der Waals surface area contributed by atoms with Gasteiger partial charge in [0.15, 0.2) is 6.23 Å². The summed E-state index contributed by atoms with van der Waals surface area (Å²) in [5.74, 6) is -1.80. The van der Waals surface area contributed by atoms with E-state index in [4.69, 9.17) is 4.74 Å². The molecule has 3 heterocycles. The van der Waals surface area contributed by atoms with Gasteiger partial charge in [-0.25, -0.2) is 9.80 Å². The highest BCUT2D eigenvalue weighted by Gasteiger charge is 2.48. The molecule has 0 radical (unpaired) electrons. The van der Waals surface area contributed by atoms with Crippen LogP contribution in [0.1, 0.15) is 44.1 Å². The SMILES string of the molecule is C=C[C@H]1CN(C(=O)OC2NCCCC2C(F)(F)F)c2cc(C3CNN(C4CC4)C3)ccc2N1C(C)=O. The van der Waals surface area contributed by atoms with Crippen LogP contribution in [-0.4, -0.2) is 67.7 Å². The molecule has 8 nitrogen and oxygen atoms in total. The molecule has 36 heavy (non-hydrogen) atoms. The standard InChI is InChI=1S/C25H32F3N5O3/c1-3-18-14-31(24(35)36-23-20(25(26,27)28)5-4-10-29-23)22-11-16(6-9-21(22)33(18)15(2)34)17-12-30-32(13-17)19-7-8-19/h3,6,9,11,17-20,23,29-30H,1,4-5,7-8,10,12-14H2,2H3/t17?,18-,20?,23?/m0/s1. The third-order valence-corrected chi connectivity index (χ3v) is 7.55. The fraction of sp³-hybridized carbons (Fsp3) is 0.600. The van der Waals surface area contributed by atoms with Gasteiger partial charge in [-0.05, 0) is 49.9 Å². The van der Waals surface area contributed by atoms with E-state index < -0.39 is 30.5 Å². The van der Waals surface area contributed by atoms with E-state index in [1.165, 1.54) is 24.7 Å². The van der Waals surface area contributed by atoms with Crippen LogP contribution in [0, 0.1) is 5.92 Å². The average Bonchev–Trinajstić information content (AvgIpc) is 3.58. The average molecular weight is 508 g/mol. The molecule has 196 valence electrons. The minimum Gasteiger partial charge on any atom is -0.429 e. The van der Waals surface area contributed by atoms with Crippen LogP contribution in [0.5, 0.6) is 0 Å². The summed E-state index contributed by atoms with van der Waals surface area (Å²) in [6.45, 7) is 7.21. The van der Waals surface area contributed by atoms with Crippen molar-refractivity contribution >= 4 is 23.4 Å². The van der Waals surface area contributed by atoms with Crippen LogP contribution >= 0.6 is 0 Å². The summed E-state index contributed by atoms with van der Waals surface area (Å²) in [4.78, 5) is 28.8. The third kappa shape index (κ3) is 4.83. The van der Waals surface area contributed by atoms with Gasteiger partial charge >= 0.3 is 12.3 Å². The number of carbonyl (C=O) groups is 2. The van der Waals surface area contributed by atoms with Gasteiger partial charge in [-0.2, -0.15) is 13.2 Å². The van der Waals surface area contributed by atoms with Crippen LogP contribution in [0.25, 0.3) is 0 Å². The zero-order valence-electron chi connectivity index (χ0n) is 20.3. The van der Waals surface area contributed by atoms with E-state index in [0.29, 0.717) is 30.4 Å². The van der Waals surface area contributed by atoms with E-state index in [0.717, 1.165) is 18.7 Å². The summed E-state index contributed by atoms with van der Waals surface area (Å²) in [6, 6.07) is 5.65. The molecule has 1 aliphatic carbocycles. The molecule has 1 aromatic rings. The van der Waals surface area contributed by atoms with Crippen molar-refractivity contribution < 1.29 is 27.5 Å². The monoisotopic (exact) mass is 507 g/mol. The van der Waals surface area contributed by atoms with Gasteiger partial charge < -0.3 is 9.64 Å². The summed E-state index contributed by atoms with van der Waals surface area (Å²) in [6.07, 6.45) is -2.66. The zero-order chi connectivity index (χ0) is 25.6. The Bertz CT molecular complexity index is 1030. The van der Waals surface area contributed by atoms with Crippen LogP contribution < -0.4 is 20.5 Å². The number of ether oxygens (including phenoxy) is 1. The molecule has 3 aliphatic heterocycles. The normalized spacial score (nSPS) is 29.1. The van der Waals surface area contributed by atoms with Crippen molar-refractivity contribution in [1.29, 1.82) is 0 Å². The molecule has 1 saturated carbocycles. The van der Waals surface area contributed by atoms with Crippen LogP contribution in [0.3, 0.4) is 0 Å². The van der Waals surface area contributed by atoms with Crippen molar-refractivity contribution in [1.82, 2.24) is 15.8 Å². The molecule has 3 fully saturated rings. The molecule has 0 bridgehead atoms. The number of amides is 2. The molecule has 11 heteroatoms. The number of hydrazine groups is 1. The van der Waals surface area contributed by atoms with Gasteiger partial charge in [-0.1, -0.05) is 12.1 Å². The molecule has 4 aliphatic rings. The Kier molecular flexibility index (Phi) is 6.73. The van der Waals surface area contributed by atoms with Gasteiger partial charge in [0.1, 0.15) is 5.92 Å². The first kappa shape index (κ1) is 25.0. The van der Waals surface area contributed by atoms with Crippen molar-refractivity contribution in [3.8, 4) is 0 Å². The van der Waals surface area contributed by atoms with Crippen molar-refractivity contribution in [2.24, 2.45) is 5.92 Å². The predicted octanol–water partition coefficient (Wildman–Crippen LogP) is 3.50. The lowest BCUT2D eigenvalue weighted by molar-refractivity contribution is -0.210. The predicted molar refractivity (Wildman–Crippen MR) is 128 cm³/mol. The largest absolute Gasteiger partial charge is 0.429 e. The van der Waals surface area contributed by atoms with E-state index in [9.17, 15) is 22.8 Å². The lowest BCUT2D eigenvalue weighted by Gasteiger charge is -2.42. The maximum absolute atomic E-state index is 13.6. The highest BCUT2D eigenvalue weighted by Crippen LogP contribution is 2.41. The number of fused-ring (bicyclic) bond motifs is 1. The Labute approximate surface area is 208 Å². The molecule has 0 aromatic heterocycles. The second-order valence-electron chi connectivity index (χ2n) is 10.0. The minimum atomic E-state index is -4.48. The summed E-state index contributed by atoms with van der Waals surface area (Å²) < 4.78 is 46.2. The van der Waals surface area contributed by atoms with Crippen molar-refractivity contribution in [3.63, 3.8) is 0 Å². The van der Waals surface area contributed by atoms with Gasteiger partial charge in [0.05, 0.1) is 24.0 Å². The molecule has 4 atom stereocenters. The lowest BCUT2D eigenvalue weighted by Crippen LogP contribution is -2.55. The Morgan fingerprint density at radius 3 is 2.61 bits per heavy atom. The second kappa shape index (κ2) is 9.68. The molecule has 2 N–H and O–H groups in total. The first-order chi connectivity index (χ1) is 17.2. The van der Waals surface area contributed by atoms with E-state index in [2.05, 4.69) is 22.3 Å². The summed E-state index contributed by atoms with van der Waals surface area (Å²) in [5.41, 5.74) is 5.39. The Morgan fingerprint density at radius 1 is 1.17 bits per heavy atom. The number of hydrogen-bond acceptors (Lipinski definition) is 6. The summed E-state index contributed by atoms with van der Waals surface area (Å²) in [5, 5.41) is 4.96. The number of nitrogens with zero attached hydrogens (tertiary/aromatic N) is 3. The van der Waals surface area contributed by atoms with E-state index in [1.54, 1.807) is 17.0 Å². The number of piperidine rings is 1. The van der Waals surface area contributed by atoms with Gasteiger partial charge in [0.25, 0.3) is 0 Å². The van der Waals surface area contributed by atoms with E-state index in [-0.39, 0.29) is 24.8 Å². The Morgan fingerprint density at radius 2 is 1.94 bits per heavy atom. The molecule has 0 spiro atoms. The van der Waals surface area contributed by atoms with Crippen LogP contribution in [0.15, 0.2) is 30.9 Å². The van der Waals surface area contributed by atoms with Gasteiger partial charge in [0.2, 0.25) is 5.91 Å². The molecule has 5 rings (SSSR count). The molecule has 3 unspecified atom stereocenters. The molecule has 2 saturated heterocycles. The van der Waals surface area contributed by atoms with E-state index in [1.807, 2.05) is 12.1 Å². The maximum Gasteiger partial charge on any atom is 0.416 e. The lowest BCUT2D eigenvalue weighted by atomic mass is 9.96. The number of halogens is 3. The Hall–Kier alpha value is -2.63. The van der Waals surface area contributed by atoms with Crippen molar-refractivity contribution in [3.05, 3.63) is 36.4 Å². The Balaban J connectivity index is 1.44. The highest BCUT2D eigenvalue weighted by molar-refractivity contribution is 6.02. The van der Waals surface area contributed by atoms with Gasteiger partial charge in [0, 0.05) is 32.0 Å². The number of rotatable bonds is 4. The fourth-order valence-corrected chi connectivity index (χ4v) is 5.49. The van der Waals surface area contributed by atoms with Gasteiger partial charge in [-0.15, -0.1) is 6.58 Å². The second-order valence-corrected chi connectivity index (χ2v) is 10.0. The number of hydrogen-bond donors (Lipinski definition) is 2. The molecular formula is C25H32F3N5O3. The third-order valence-electron chi connectivity index (χ3n) is 7.55. The van der Waals surface area contributed by atoms with Crippen LogP contribution in [0.4, 0.5) is 29.3 Å². The van der Waals surface area contributed by atoms with Crippen LogP contribution in [-0.2, 0) is 9.53 Å². The van der Waals surface area contributed by atoms with Crippen molar-refractivity contribution in [2.75, 3.05) is 36.0 Å². The topological polar surface area (TPSA) is 77.2 Å². The molecular weight excluding hydrogens is 475 g/mol. The first-order valence-electron chi connectivity index (χ1n) is 12.5. The maximum atomic E-state index is 13.6. The fourth-order valence-electron chi connectivity index (χ4n) is 5.49. The minimum absolute atomic E-state index is 0.0406. The van der Waals surface area contributed by atoms with Gasteiger partial charge in [-0.3, -0.25) is 20.4 Å². The smallest absolute Gasteiger partial charge is 0.416 e. The number of benzene rings is 1. The number of anilines is 2. The summed E-state index contributed by atoms with van der Waals surface area (Å²) in [7, 11) is 0. The highest BCUT2D eigenvalue weighted by atomic mass is 19.4. The van der Waals surface area contributed by atoms with Crippen molar-refractivity contribution in [2.45, 2.75) is 63.0 Å². The number of alkyl halides is 3. The quantitative estimate of drug-likeness (QED) is 0.608. The zero-order valence-corrected chi connectivity index (χ0v) is 20.3. The number of nitrogens with one attached hydrogen (secondary N) is 2. The molecule has 2 amide bonds. The van der Waals surface area contributed by atoms with E-state index >= 15 is 0 Å². The summed E-state index contributed by atoms with van der Waals surface area (Å²) >= 11 is 0. The number of carbonyl (C=O) groups excluding carboxylic acids is 2. The van der Waals surface area contributed by atoms with Crippen LogP contribution in [0.2, 0.25) is 0 Å².